The third-order valence-corrected chi connectivity index (χ3v) is 3.59. The molecule has 0 radical (unpaired) electrons. The monoisotopic (exact) mass is 309 g/mol. The lowest BCUT2D eigenvalue weighted by molar-refractivity contribution is -0.0328. The van der Waals surface area contributed by atoms with Crippen molar-refractivity contribution in [3.05, 3.63) is 35.6 Å². The number of halogens is 4. The van der Waals surface area contributed by atoms with E-state index in [0.717, 1.165) is 5.56 Å². The molecule has 0 aromatic heterocycles. The van der Waals surface area contributed by atoms with Crippen LogP contribution < -0.4 is 5.32 Å². The van der Waals surface area contributed by atoms with Gasteiger partial charge >= 0.3 is 5.51 Å². The third kappa shape index (κ3) is 7.14. The first-order valence-electron chi connectivity index (χ1n) is 6.47. The van der Waals surface area contributed by atoms with Gasteiger partial charge in [0.1, 0.15) is 5.82 Å². The van der Waals surface area contributed by atoms with Crippen molar-refractivity contribution < 1.29 is 17.6 Å². The highest BCUT2D eigenvalue weighted by molar-refractivity contribution is 8.00. The summed E-state index contributed by atoms with van der Waals surface area (Å²) in [5, 5.41) is 3.20. The molecule has 1 nitrogen and oxygen atoms in total. The minimum absolute atomic E-state index is 0.0234. The summed E-state index contributed by atoms with van der Waals surface area (Å²) in [6.45, 7) is 4.47. The normalized spacial score (nSPS) is 13.8. The van der Waals surface area contributed by atoms with Gasteiger partial charge in [0, 0.05) is 18.3 Å². The van der Waals surface area contributed by atoms with Gasteiger partial charge in [-0.2, -0.15) is 13.2 Å². The van der Waals surface area contributed by atoms with Crippen molar-refractivity contribution in [1.82, 2.24) is 5.32 Å². The number of thioether (sulfide) groups is 1. The van der Waals surface area contributed by atoms with Crippen LogP contribution in [-0.4, -0.2) is 23.8 Å². The highest BCUT2D eigenvalue weighted by Crippen LogP contribution is 2.32. The van der Waals surface area contributed by atoms with Gasteiger partial charge in [-0.25, -0.2) is 4.39 Å². The highest BCUT2D eigenvalue weighted by atomic mass is 32.2. The van der Waals surface area contributed by atoms with Crippen molar-refractivity contribution in [3.8, 4) is 0 Å². The second-order valence-electron chi connectivity index (χ2n) is 4.90. The van der Waals surface area contributed by atoms with Crippen molar-refractivity contribution >= 4 is 11.8 Å². The van der Waals surface area contributed by atoms with Gasteiger partial charge in [0.05, 0.1) is 0 Å². The van der Waals surface area contributed by atoms with E-state index in [1.165, 1.54) is 12.1 Å². The molecule has 6 heteroatoms. The minimum Gasteiger partial charge on any atom is -0.314 e. The third-order valence-electron chi connectivity index (χ3n) is 2.82. The van der Waals surface area contributed by atoms with Crippen LogP contribution in [0.25, 0.3) is 0 Å². The summed E-state index contributed by atoms with van der Waals surface area (Å²) < 4.78 is 49.8. The molecule has 0 saturated heterocycles. The van der Waals surface area contributed by atoms with Gasteiger partial charge in [-0.05, 0) is 30.0 Å². The van der Waals surface area contributed by atoms with E-state index in [1.807, 2.05) is 13.8 Å². The average Bonchev–Trinajstić information content (AvgIpc) is 2.31. The van der Waals surface area contributed by atoms with E-state index in [-0.39, 0.29) is 35.3 Å². The van der Waals surface area contributed by atoms with Crippen LogP contribution in [0.15, 0.2) is 24.3 Å². The van der Waals surface area contributed by atoms with Gasteiger partial charge in [-0.1, -0.05) is 37.7 Å². The quantitative estimate of drug-likeness (QED) is 0.742. The zero-order valence-corrected chi connectivity index (χ0v) is 12.3. The standard InChI is InChI=1S/C14H19F4NS/c1-10(2)19-9-12(6-7-20-14(16,17)18)11-4-3-5-13(15)8-11/h3-5,8,10,12,19H,6-7,9H2,1-2H3. The SMILES string of the molecule is CC(C)NCC(CCSC(F)(F)F)c1cccc(F)c1. The van der Waals surface area contributed by atoms with E-state index in [2.05, 4.69) is 5.32 Å². The molecule has 0 aliphatic rings. The van der Waals surface area contributed by atoms with Crippen LogP contribution in [0, 0.1) is 5.82 Å². The summed E-state index contributed by atoms with van der Waals surface area (Å²) in [7, 11) is 0. The molecule has 1 N–H and O–H groups in total. The van der Waals surface area contributed by atoms with Gasteiger partial charge in [0.15, 0.2) is 0 Å². The highest BCUT2D eigenvalue weighted by Gasteiger charge is 2.28. The van der Waals surface area contributed by atoms with E-state index < -0.39 is 5.51 Å². The summed E-state index contributed by atoms with van der Waals surface area (Å²) in [6.07, 6.45) is 0.355. The van der Waals surface area contributed by atoms with Crippen LogP contribution in [0.5, 0.6) is 0 Å². The maximum Gasteiger partial charge on any atom is 0.441 e. The molecule has 1 unspecified atom stereocenters. The maximum atomic E-state index is 13.2. The fourth-order valence-electron chi connectivity index (χ4n) is 1.84. The lowest BCUT2D eigenvalue weighted by atomic mass is 9.96. The molecular weight excluding hydrogens is 290 g/mol. The van der Waals surface area contributed by atoms with Gasteiger partial charge in [-0.3, -0.25) is 0 Å². The molecule has 0 fully saturated rings. The predicted molar refractivity (Wildman–Crippen MR) is 75.4 cm³/mol. The Morgan fingerprint density at radius 2 is 1.95 bits per heavy atom. The van der Waals surface area contributed by atoms with Gasteiger partial charge < -0.3 is 5.32 Å². The van der Waals surface area contributed by atoms with E-state index >= 15 is 0 Å². The summed E-state index contributed by atoms with van der Waals surface area (Å²) >= 11 is -0.0265. The Labute approximate surface area is 121 Å². The smallest absolute Gasteiger partial charge is 0.314 e. The van der Waals surface area contributed by atoms with Gasteiger partial charge in [-0.15, -0.1) is 0 Å². The fourth-order valence-corrected chi connectivity index (χ4v) is 2.48. The number of nitrogens with one attached hydrogen (secondary N) is 1. The number of hydrogen-bond donors (Lipinski definition) is 1. The van der Waals surface area contributed by atoms with Crippen LogP contribution in [0.2, 0.25) is 0 Å². The van der Waals surface area contributed by atoms with E-state index in [1.54, 1.807) is 12.1 Å². The first-order chi connectivity index (χ1) is 9.28. The van der Waals surface area contributed by atoms with E-state index in [0.29, 0.717) is 13.0 Å². The molecule has 1 aromatic carbocycles. The average molecular weight is 309 g/mol. The van der Waals surface area contributed by atoms with Gasteiger partial charge in [0.2, 0.25) is 0 Å². The van der Waals surface area contributed by atoms with Gasteiger partial charge in [0.25, 0.3) is 0 Å². The molecule has 114 valence electrons. The minimum atomic E-state index is -4.21. The summed E-state index contributed by atoms with van der Waals surface area (Å²) in [5.41, 5.74) is -3.47. The zero-order valence-electron chi connectivity index (χ0n) is 11.5. The molecule has 0 bridgehead atoms. The fraction of sp³-hybridized carbons (Fsp3) is 0.571. The molecule has 20 heavy (non-hydrogen) atoms. The molecule has 0 saturated carbocycles. The van der Waals surface area contributed by atoms with Crippen molar-refractivity contribution in [2.24, 2.45) is 0 Å². The first kappa shape index (κ1) is 17.3. The lowest BCUT2D eigenvalue weighted by Gasteiger charge is -2.20. The summed E-state index contributed by atoms with van der Waals surface area (Å²) in [4.78, 5) is 0. The molecule has 0 heterocycles. The lowest BCUT2D eigenvalue weighted by Crippen LogP contribution is -2.28. The maximum absolute atomic E-state index is 13.2. The van der Waals surface area contributed by atoms with Crippen LogP contribution in [0.3, 0.4) is 0 Å². The number of alkyl halides is 3. The Balaban J connectivity index is 2.65. The number of hydrogen-bond acceptors (Lipinski definition) is 2. The van der Waals surface area contributed by atoms with Crippen LogP contribution in [0.1, 0.15) is 31.7 Å². The molecular formula is C14H19F4NS. The summed E-state index contributed by atoms with van der Waals surface area (Å²) in [6, 6.07) is 6.31. The van der Waals surface area contributed by atoms with Crippen LogP contribution in [-0.2, 0) is 0 Å². The van der Waals surface area contributed by atoms with Crippen molar-refractivity contribution in [2.75, 3.05) is 12.3 Å². The van der Waals surface area contributed by atoms with Crippen molar-refractivity contribution in [2.45, 2.75) is 37.7 Å². The molecule has 0 aliphatic heterocycles. The number of rotatable bonds is 7. The first-order valence-corrected chi connectivity index (χ1v) is 7.46. The van der Waals surface area contributed by atoms with Crippen molar-refractivity contribution in [3.63, 3.8) is 0 Å². The van der Waals surface area contributed by atoms with Crippen molar-refractivity contribution in [1.29, 1.82) is 0 Å². The Hall–Kier alpha value is -0.750. The molecule has 0 spiro atoms. The second-order valence-corrected chi connectivity index (χ2v) is 6.06. The molecule has 1 aromatic rings. The molecule has 0 amide bonds. The van der Waals surface area contributed by atoms with Crippen LogP contribution >= 0.6 is 11.8 Å². The Bertz CT molecular complexity index is 406. The Kier molecular flexibility index (Phi) is 6.82. The second kappa shape index (κ2) is 7.88. The predicted octanol–water partition coefficient (Wildman–Crippen LogP) is 4.55. The van der Waals surface area contributed by atoms with E-state index in [4.69, 9.17) is 0 Å². The zero-order chi connectivity index (χ0) is 15.2. The van der Waals surface area contributed by atoms with E-state index in [9.17, 15) is 17.6 Å². The Morgan fingerprint density at radius 3 is 2.50 bits per heavy atom. The summed E-state index contributed by atoms with van der Waals surface area (Å²) in [5.74, 6) is -0.506. The topological polar surface area (TPSA) is 12.0 Å². The Morgan fingerprint density at radius 1 is 1.25 bits per heavy atom. The van der Waals surface area contributed by atoms with Crippen LogP contribution in [0.4, 0.5) is 17.6 Å². The molecule has 1 rings (SSSR count). The molecule has 0 aliphatic carbocycles. The largest absolute Gasteiger partial charge is 0.441 e. The molecule has 1 atom stereocenters. The number of benzene rings is 1.